The molecule has 0 saturated heterocycles. The van der Waals surface area contributed by atoms with Crippen molar-refractivity contribution in [3.63, 3.8) is 0 Å². The molecule has 0 radical (unpaired) electrons. The molecule has 0 saturated carbocycles. The number of carboxylic acids is 1. The third kappa shape index (κ3) is 3.06. The lowest BCUT2D eigenvalue weighted by molar-refractivity contribution is -0.123. The minimum Gasteiger partial charge on any atom is -0.476 e. The smallest absolute Gasteiger partial charge is 0.358 e. The summed E-state index contributed by atoms with van der Waals surface area (Å²) >= 11 is 0. The quantitative estimate of drug-likeness (QED) is 0.694. The van der Waals surface area contributed by atoms with E-state index in [1.54, 1.807) is 13.8 Å². The Morgan fingerprint density at radius 1 is 1.32 bits per heavy atom. The molecule has 104 valence electrons. The topological polar surface area (TPSA) is 140 Å². The van der Waals surface area contributed by atoms with Gasteiger partial charge >= 0.3 is 12.0 Å². The van der Waals surface area contributed by atoms with E-state index in [1.807, 2.05) is 5.32 Å². The number of urea groups is 1. The third-order valence-corrected chi connectivity index (χ3v) is 2.47. The fourth-order valence-corrected chi connectivity index (χ4v) is 1.61. The van der Waals surface area contributed by atoms with Crippen LogP contribution in [0.15, 0.2) is 0 Å². The molecule has 19 heavy (non-hydrogen) atoms. The summed E-state index contributed by atoms with van der Waals surface area (Å²) in [7, 11) is 0. The summed E-state index contributed by atoms with van der Waals surface area (Å²) in [5.74, 6) is -2.11. The van der Waals surface area contributed by atoms with Crippen LogP contribution in [0.1, 0.15) is 48.9 Å². The van der Waals surface area contributed by atoms with Crippen molar-refractivity contribution < 1.29 is 19.5 Å². The van der Waals surface area contributed by atoms with Gasteiger partial charge in [0.25, 0.3) is 5.91 Å². The van der Waals surface area contributed by atoms with E-state index in [1.165, 1.54) is 11.6 Å². The minimum absolute atomic E-state index is 0.204. The molecule has 0 fully saturated rings. The predicted octanol–water partition coefficient (Wildman–Crippen LogP) is -0.144. The summed E-state index contributed by atoms with van der Waals surface area (Å²) < 4.78 is 1.17. The van der Waals surface area contributed by atoms with E-state index in [0.717, 1.165) is 0 Å². The van der Waals surface area contributed by atoms with Crippen LogP contribution in [0, 0.1) is 0 Å². The number of carbonyl (C=O) groups excluding carboxylic acids is 2. The molecular weight excluding hydrogens is 254 g/mol. The molecule has 1 aromatic heterocycles. The summed E-state index contributed by atoms with van der Waals surface area (Å²) in [6.45, 7) is 4.96. The Balaban J connectivity index is 3.16. The van der Waals surface area contributed by atoms with Gasteiger partial charge in [0.05, 0.1) is 5.69 Å². The Hall–Kier alpha value is -2.45. The van der Waals surface area contributed by atoms with Crippen molar-refractivity contribution in [3.05, 3.63) is 11.4 Å². The molecule has 4 N–H and O–H groups in total. The highest BCUT2D eigenvalue weighted by Gasteiger charge is 2.27. The highest BCUT2D eigenvalue weighted by atomic mass is 16.4. The first-order valence-electron chi connectivity index (χ1n) is 5.54. The number of nitrogens with two attached hydrogens (primary N) is 1. The van der Waals surface area contributed by atoms with Gasteiger partial charge in [0.15, 0.2) is 5.69 Å². The maximum atomic E-state index is 11.7. The zero-order valence-corrected chi connectivity index (χ0v) is 10.7. The van der Waals surface area contributed by atoms with Gasteiger partial charge in [-0.05, 0) is 12.8 Å². The Morgan fingerprint density at radius 2 is 1.89 bits per heavy atom. The number of primary amides is 1. The van der Waals surface area contributed by atoms with E-state index >= 15 is 0 Å². The van der Waals surface area contributed by atoms with Crippen LogP contribution < -0.4 is 11.1 Å². The van der Waals surface area contributed by atoms with Gasteiger partial charge < -0.3 is 10.8 Å². The van der Waals surface area contributed by atoms with Gasteiger partial charge in [-0.2, -0.15) is 0 Å². The first-order chi connectivity index (χ1) is 8.75. The number of nitrogens with one attached hydrogen (secondary N) is 1. The number of hydrogen-bond acceptors (Lipinski definition) is 5. The van der Waals surface area contributed by atoms with Crippen molar-refractivity contribution in [3.8, 4) is 0 Å². The molecule has 1 heterocycles. The number of aromatic carboxylic acids is 1. The predicted molar refractivity (Wildman–Crippen MR) is 63.5 cm³/mol. The number of aromatic nitrogens is 3. The van der Waals surface area contributed by atoms with Crippen LogP contribution in [0.4, 0.5) is 4.79 Å². The Kier molecular flexibility index (Phi) is 4.20. The van der Waals surface area contributed by atoms with Gasteiger partial charge in [0, 0.05) is 0 Å². The molecule has 0 spiro atoms. The number of hydrogen-bond donors (Lipinski definition) is 3. The van der Waals surface area contributed by atoms with Crippen LogP contribution in [0.5, 0.6) is 0 Å². The van der Waals surface area contributed by atoms with Crippen molar-refractivity contribution >= 4 is 17.9 Å². The van der Waals surface area contributed by atoms with E-state index in [2.05, 4.69) is 10.3 Å². The van der Waals surface area contributed by atoms with Crippen LogP contribution in [-0.4, -0.2) is 38.0 Å². The Labute approximate surface area is 108 Å². The second-order valence-corrected chi connectivity index (χ2v) is 4.26. The van der Waals surface area contributed by atoms with E-state index < -0.39 is 23.9 Å². The molecule has 0 aliphatic carbocycles. The van der Waals surface area contributed by atoms with Crippen LogP contribution in [0.2, 0.25) is 0 Å². The van der Waals surface area contributed by atoms with E-state index in [0.29, 0.717) is 5.69 Å². The van der Waals surface area contributed by atoms with Gasteiger partial charge in [-0.25, -0.2) is 14.3 Å². The van der Waals surface area contributed by atoms with Crippen molar-refractivity contribution in [2.45, 2.75) is 32.7 Å². The van der Waals surface area contributed by atoms with E-state index in [9.17, 15) is 14.4 Å². The van der Waals surface area contributed by atoms with Crippen molar-refractivity contribution in [2.24, 2.45) is 5.73 Å². The molecule has 1 unspecified atom stereocenters. The third-order valence-electron chi connectivity index (χ3n) is 2.47. The largest absolute Gasteiger partial charge is 0.476 e. The molecule has 1 aromatic rings. The summed E-state index contributed by atoms with van der Waals surface area (Å²) in [6, 6.07) is -1.88. The number of rotatable bonds is 4. The Morgan fingerprint density at radius 3 is 2.32 bits per heavy atom. The molecule has 0 bridgehead atoms. The minimum atomic E-state index is -1.22. The monoisotopic (exact) mass is 269 g/mol. The molecule has 9 nitrogen and oxygen atoms in total. The first-order valence-corrected chi connectivity index (χ1v) is 5.54. The molecule has 0 aliphatic rings. The van der Waals surface area contributed by atoms with E-state index in [-0.39, 0.29) is 11.6 Å². The van der Waals surface area contributed by atoms with Gasteiger partial charge in [0.1, 0.15) is 6.04 Å². The number of carboxylic acid groups (broad SMARTS) is 1. The standard InChI is InChI=1S/C10H15N5O4/c1-4(2)7-6(9(17)18)13-14-15(7)5(3)8(16)12-10(11)19/h4-5H,1-3H3,(H,17,18)(H3,11,12,16,19). The van der Waals surface area contributed by atoms with Crippen molar-refractivity contribution in [1.29, 1.82) is 0 Å². The molecule has 0 aromatic carbocycles. The van der Waals surface area contributed by atoms with Gasteiger partial charge in [-0.1, -0.05) is 19.1 Å². The number of imide groups is 1. The number of carbonyl (C=O) groups is 3. The normalized spacial score (nSPS) is 12.2. The molecule has 1 atom stereocenters. The fourth-order valence-electron chi connectivity index (χ4n) is 1.61. The molecule has 0 aliphatic heterocycles. The lowest BCUT2D eigenvalue weighted by Crippen LogP contribution is -2.39. The maximum Gasteiger partial charge on any atom is 0.358 e. The van der Waals surface area contributed by atoms with Gasteiger partial charge in [-0.3, -0.25) is 10.1 Å². The van der Waals surface area contributed by atoms with Crippen LogP contribution in [0.25, 0.3) is 0 Å². The van der Waals surface area contributed by atoms with Gasteiger partial charge in [0.2, 0.25) is 0 Å². The zero-order chi connectivity index (χ0) is 14.7. The molecule has 1 rings (SSSR count). The average Bonchev–Trinajstić information content (AvgIpc) is 2.71. The van der Waals surface area contributed by atoms with Gasteiger partial charge in [-0.15, -0.1) is 5.10 Å². The second kappa shape index (κ2) is 5.46. The lowest BCUT2D eigenvalue weighted by Gasteiger charge is -2.15. The molecule has 9 heteroatoms. The summed E-state index contributed by atoms with van der Waals surface area (Å²) in [5, 5.41) is 18.1. The summed E-state index contributed by atoms with van der Waals surface area (Å²) in [6.07, 6.45) is 0. The van der Waals surface area contributed by atoms with E-state index in [4.69, 9.17) is 10.8 Å². The second-order valence-electron chi connectivity index (χ2n) is 4.26. The number of amides is 3. The molecular formula is C10H15N5O4. The summed E-state index contributed by atoms with van der Waals surface area (Å²) in [5.41, 5.74) is 4.94. The highest BCUT2D eigenvalue weighted by Crippen LogP contribution is 2.21. The summed E-state index contributed by atoms with van der Waals surface area (Å²) in [4.78, 5) is 33.3. The highest BCUT2D eigenvalue weighted by molar-refractivity contribution is 5.95. The number of nitrogens with zero attached hydrogens (tertiary/aromatic N) is 3. The SMILES string of the molecule is CC(C)c1c(C(=O)O)nnn1C(C)C(=O)NC(N)=O. The van der Waals surface area contributed by atoms with Crippen LogP contribution >= 0.6 is 0 Å². The van der Waals surface area contributed by atoms with Crippen molar-refractivity contribution in [2.75, 3.05) is 0 Å². The van der Waals surface area contributed by atoms with Crippen LogP contribution in [-0.2, 0) is 4.79 Å². The van der Waals surface area contributed by atoms with Crippen LogP contribution in [0.3, 0.4) is 0 Å². The lowest BCUT2D eigenvalue weighted by atomic mass is 10.1. The molecule has 3 amide bonds. The average molecular weight is 269 g/mol. The Bertz CT molecular complexity index is 522. The fraction of sp³-hybridized carbons (Fsp3) is 0.500. The maximum absolute atomic E-state index is 11.7. The zero-order valence-electron chi connectivity index (χ0n) is 10.7. The first kappa shape index (κ1) is 14.6. The van der Waals surface area contributed by atoms with Crippen molar-refractivity contribution in [1.82, 2.24) is 20.3 Å².